The van der Waals surface area contributed by atoms with E-state index in [1.54, 1.807) is 19.2 Å². The van der Waals surface area contributed by atoms with E-state index in [4.69, 9.17) is 32.7 Å². The van der Waals surface area contributed by atoms with Crippen molar-refractivity contribution in [3.8, 4) is 5.75 Å². The minimum atomic E-state index is -0.935. The van der Waals surface area contributed by atoms with Crippen LogP contribution in [0.25, 0.3) is 0 Å². The van der Waals surface area contributed by atoms with Crippen molar-refractivity contribution in [3.05, 3.63) is 27.7 Å². The zero-order valence-corrected chi connectivity index (χ0v) is 12.9. The third-order valence-electron chi connectivity index (χ3n) is 4.10. The van der Waals surface area contributed by atoms with Crippen molar-refractivity contribution in [3.63, 3.8) is 0 Å². The van der Waals surface area contributed by atoms with Crippen LogP contribution in [0.1, 0.15) is 17.9 Å². The number of carbonyl (C=O) groups is 1. The second-order valence-electron chi connectivity index (χ2n) is 5.28. The lowest BCUT2D eigenvalue weighted by atomic mass is 9.94. The van der Waals surface area contributed by atoms with Gasteiger partial charge in [-0.3, -0.25) is 0 Å². The standard InChI is InChI=1S/C14H15Cl2NO4/c1-20-10-3-2-8(15)13(16)12(10)7-4-9(11-6-21-11)17(5-7)14(18)19/h2-3,7,9,11H,4-6H2,1H3,(H,18,19)/t7-,9-,11?/m0/s1. The summed E-state index contributed by atoms with van der Waals surface area (Å²) in [7, 11) is 1.56. The van der Waals surface area contributed by atoms with E-state index in [1.165, 1.54) is 4.90 Å². The second-order valence-corrected chi connectivity index (χ2v) is 6.07. The SMILES string of the molecule is COc1ccc(Cl)c(Cl)c1[C@H]1C[C@@H](C2CO2)N(C(=O)O)C1. The van der Waals surface area contributed by atoms with E-state index < -0.39 is 6.09 Å². The molecule has 0 saturated carbocycles. The van der Waals surface area contributed by atoms with Gasteiger partial charge in [0.15, 0.2) is 0 Å². The van der Waals surface area contributed by atoms with E-state index in [9.17, 15) is 9.90 Å². The van der Waals surface area contributed by atoms with E-state index in [2.05, 4.69) is 0 Å². The van der Waals surface area contributed by atoms with E-state index in [0.717, 1.165) is 5.56 Å². The third-order valence-corrected chi connectivity index (χ3v) is 4.92. The molecule has 1 amide bonds. The van der Waals surface area contributed by atoms with Gasteiger partial charge in [-0.1, -0.05) is 23.2 Å². The molecule has 2 saturated heterocycles. The Balaban J connectivity index is 1.94. The molecular weight excluding hydrogens is 317 g/mol. The molecule has 2 fully saturated rings. The number of carboxylic acid groups (broad SMARTS) is 1. The van der Waals surface area contributed by atoms with Gasteiger partial charge in [0.05, 0.1) is 29.8 Å². The highest BCUT2D eigenvalue weighted by Crippen LogP contribution is 2.45. The molecule has 1 N–H and O–H groups in total. The van der Waals surface area contributed by atoms with Crippen molar-refractivity contribution >= 4 is 29.3 Å². The first kappa shape index (κ1) is 14.8. The molecule has 2 aliphatic heterocycles. The van der Waals surface area contributed by atoms with Gasteiger partial charge in [-0.05, 0) is 18.6 Å². The Labute approximate surface area is 132 Å². The van der Waals surface area contributed by atoms with E-state index in [1.807, 2.05) is 0 Å². The van der Waals surface area contributed by atoms with Crippen LogP contribution in [0.4, 0.5) is 4.79 Å². The zero-order chi connectivity index (χ0) is 15.1. The molecule has 0 aliphatic carbocycles. The highest BCUT2D eigenvalue weighted by atomic mass is 35.5. The van der Waals surface area contributed by atoms with Crippen molar-refractivity contribution in [1.29, 1.82) is 0 Å². The quantitative estimate of drug-likeness (QED) is 0.863. The highest BCUT2D eigenvalue weighted by Gasteiger charge is 2.46. The molecule has 0 radical (unpaired) electrons. The average Bonchev–Trinajstić information content (AvgIpc) is 3.21. The number of hydrogen-bond donors (Lipinski definition) is 1. The van der Waals surface area contributed by atoms with E-state index in [0.29, 0.717) is 35.4 Å². The third kappa shape index (κ3) is 2.65. The van der Waals surface area contributed by atoms with Crippen LogP contribution in [-0.2, 0) is 4.74 Å². The van der Waals surface area contributed by atoms with Gasteiger partial charge < -0.3 is 19.5 Å². The maximum absolute atomic E-state index is 11.4. The molecule has 0 bridgehead atoms. The molecule has 5 nitrogen and oxygen atoms in total. The molecule has 3 rings (SSSR count). The van der Waals surface area contributed by atoms with Gasteiger partial charge in [0.2, 0.25) is 0 Å². The Hall–Kier alpha value is -1.17. The molecule has 2 aliphatic rings. The fourth-order valence-electron chi connectivity index (χ4n) is 3.03. The fourth-order valence-corrected chi connectivity index (χ4v) is 3.51. The van der Waals surface area contributed by atoms with Crippen LogP contribution in [0, 0.1) is 0 Å². The molecule has 0 aromatic heterocycles. The summed E-state index contributed by atoms with van der Waals surface area (Å²) >= 11 is 12.4. The van der Waals surface area contributed by atoms with Gasteiger partial charge in [0.25, 0.3) is 0 Å². The maximum Gasteiger partial charge on any atom is 0.407 e. The Morgan fingerprint density at radius 2 is 2.19 bits per heavy atom. The van der Waals surface area contributed by atoms with E-state index >= 15 is 0 Å². The summed E-state index contributed by atoms with van der Waals surface area (Å²) in [4.78, 5) is 12.8. The molecule has 1 aromatic carbocycles. The van der Waals surface area contributed by atoms with Crippen LogP contribution in [0.15, 0.2) is 12.1 Å². The minimum Gasteiger partial charge on any atom is -0.496 e. The van der Waals surface area contributed by atoms with Crippen molar-refractivity contribution in [2.75, 3.05) is 20.3 Å². The van der Waals surface area contributed by atoms with Gasteiger partial charge in [0, 0.05) is 18.0 Å². The molecule has 3 atom stereocenters. The van der Waals surface area contributed by atoms with Crippen LogP contribution < -0.4 is 4.74 Å². The number of nitrogens with zero attached hydrogens (tertiary/aromatic N) is 1. The number of methoxy groups -OCH3 is 1. The molecular formula is C14H15Cl2NO4. The Morgan fingerprint density at radius 3 is 2.76 bits per heavy atom. The lowest BCUT2D eigenvalue weighted by Gasteiger charge is -2.19. The first-order valence-electron chi connectivity index (χ1n) is 6.66. The topological polar surface area (TPSA) is 62.3 Å². The van der Waals surface area contributed by atoms with Gasteiger partial charge in [-0.15, -0.1) is 0 Å². The minimum absolute atomic E-state index is 0.00458. The highest BCUT2D eigenvalue weighted by molar-refractivity contribution is 6.42. The lowest BCUT2D eigenvalue weighted by Crippen LogP contribution is -2.37. The zero-order valence-electron chi connectivity index (χ0n) is 11.4. The Bertz CT molecular complexity index is 576. The number of benzene rings is 1. The summed E-state index contributed by atoms with van der Waals surface area (Å²) in [6, 6.07) is 3.31. The van der Waals surface area contributed by atoms with Gasteiger partial charge >= 0.3 is 6.09 Å². The molecule has 7 heteroatoms. The number of likely N-dealkylation sites (tertiary alicyclic amines) is 1. The monoisotopic (exact) mass is 331 g/mol. The smallest absolute Gasteiger partial charge is 0.407 e. The predicted octanol–water partition coefficient (Wildman–Crippen LogP) is 3.24. The van der Waals surface area contributed by atoms with Crippen LogP contribution in [-0.4, -0.2) is 48.5 Å². The first-order chi connectivity index (χ1) is 10.0. The van der Waals surface area contributed by atoms with Gasteiger partial charge in [-0.2, -0.15) is 0 Å². The Kier molecular flexibility index (Phi) is 3.90. The largest absolute Gasteiger partial charge is 0.496 e. The molecule has 1 unspecified atom stereocenters. The van der Waals surface area contributed by atoms with Crippen LogP contribution in [0.5, 0.6) is 5.75 Å². The molecule has 2 heterocycles. The molecule has 0 spiro atoms. The number of rotatable bonds is 3. The number of ether oxygens (including phenoxy) is 2. The van der Waals surface area contributed by atoms with Crippen LogP contribution >= 0.6 is 23.2 Å². The normalized spacial score (nSPS) is 27.8. The lowest BCUT2D eigenvalue weighted by molar-refractivity contribution is 0.131. The second kappa shape index (κ2) is 5.55. The van der Waals surface area contributed by atoms with E-state index in [-0.39, 0.29) is 18.1 Å². The van der Waals surface area contributed by atoms with Crippen molar-refractivity contribution in [2.45, 2.75) is 24.5 Å². The summed E-state index contributed by atoms with van der Waals surface area (Å²) in [6.45, 7) is 0.984. The van der Waals surface area contributed by atoms with Crippen LogP contribution in [0.3, 0.4) is 0 Å². The summed E-state index contributed by atoms with van der Waals surface area (Å²) in [5.41, 5.74) is 0.779. The molecule has 1 aromatic rings. The number of halogens is 2. The number of epoxide rings is 1. The molecule has 114 valence electrons. The number of hydrogen-bond acceptors (Lipinski definition) is 3. The fraction of sp³-hybridized carbons (Fsp3) is 0.500. The molecule has 21 heavy (non-hydrogen) atoms. The Morgan fingerprint density at radius 1 is 1.48 bits per heavy atom. The van der Waals surface area contributed by atoms with Crippen molar-refractivity contribution in [1.82, 2.24) is 4.90 Å². The average molecular weight is 332 g/mol. The van der Waals surface area contributed by atoms with Gasteiger partial charge in [0.1, 0.15) is 11.9 Å². The number of amides is 1. The summed E-state index contributed by atoms with van der Waals surface area (Å²) < 4.78 is 10.6. The summed E-state index contributed by atoms with van der Waals surface area (Å²) in [6.07, 6.45) is -0.280. The maximum atomic E-state index is 11.4. The van der Waals surface area contributed by atoms with Gasteiger partial charge in [-0.25, -0.2) is 4.79 Å². The summed E-state index contributed by atoms with van der Waals surface area (Å²) in [5.74, 6) is 0.591. The summed E-state index contributed by atoms with van der Waals surface area (Å²) in [5, 5.41) is 10.2. The van der Waals surface area contributed by atoms with Crippen molar-refractivity contribution < 1.29 is 19.4 Å². The van der Waals surface area contributed by atoms with Crippen molar-refractivity contribution in [2.24, 2.45) is 0 Å². The first-order valence-corrected chi connectivity index (χ1v) is 7.41. The predicted molar refractivity (Wildman–Crippen MR) is 78.6 cm³/mol. The van der Waals surface area contributed by atoms with Crippen LogP contribution in [0.2, 0.25) is 10.0 Å².